The number of nitrogens with one attached hydrogen (secondary N) is 3. The number of primary amides is 1. The Morgan fingerprint density at radius 1 is 0.853 bits per heavy atom. The number of carboxylic acids is 2. The van der Waals surface area contributed by atoms with Crippen LogP contribution in [0.4, 0.5) is 0 Å². The largest absolute Gasteiger partial charge is 0.481 e. The van der Waals surface area contributed by atoms with Gasteiger partial charge in [-0.25, -0.2) is 4.79 Å². The van der Waals surface area contributed by atoms with Crippen LogP contribution in [0.15, 0.2) is 0 Å². The summed E-state index contributed by atoms with van der Waals surface area (Å²) >= 11 is 1.46. The van der Waals surface area contributed by atoms with Crippen molar-refractivity contribution in [2.24, 2.45) is 11.5 Å². The van der Waals surface area contributed by atoms with E-state index in [1.54, 1.807) is 0 Å². The van der Waals surface area contributed by atoms with Gasteiger partial charge in [0.2, 0.25) is 23.6 Å². The van der Waals surface area contributed by atoms with Crippen LogP contribution in [0.3, 0.4) is 0 Å². The molecule has 10 N–H and O–H groups in total. The second-order valence-electron chi connectivity index (χ2n) is 7.51. The lowest BCUT2D eigenvalue weighted by Crippen LogP contribution is -2.59. The maximum atomic E-state index is 12.7. The van der Waals surface area contributed by atoms with Crippen molar-refractivity contribution in [3.63, 3.8) is 0 Å². The molecule has 14 nitrogen and oxygen atoms in total. The summed E-state index contributed by atoms with van der Waals surface area (Å²) in [5, 5.41) is 34.8. The van der Waals surface area contributed by atoms with Crippen molar-refractivity contribution < 1.29 is 44.1 Å². The van der Waals surface area contributed by atoms with E-state index >= 15 is 0 Å². The molecular formula is C19H33N5O9S. The quantitative estimate of drug-likeness (QED) is 0.0992. The van der Waals surface area contributed by atoms with Crippen LogP contribution in [-0.2, 0) is 28.8 Å². The lowest BCUT2D eigenvalue weighted by Gasteiger charge is -2.26. The molecule has 0 radical (unpaired) electrons. The summed E-state index contributed by atoms with van der Waals surface area (Å²) in [5.74, 6) is -5.65. The summed E-state index contributed by atoms with van der Waals surface area (Å²) < 4.78 is 0. The van der Waals surface area contributed by atoms with Gasteiger partial charge in [0.25, 0.3) is 0 Å². The van der Waals surface area contributed by atoms with Crippen LogP contribution in [0.2, 0.25) is 0 Å². The third-order valence-electron chi connectivity index (χ3n) is 4.61. The molecule has 0 fully saturated rings. The molecule has 0 aromatic rings. The number of carbonyl (C=O) groups is 6. The maximum Gasteiger partial charge on any atom is 0.326 e. The summed E-state index contributed by atoms with van der Waals surface area (Å²) in [6.45, 7) is 1.16. The number of hydrogen-bond donors (Lipinski definition) is 8. The third kappa shape index (κ3) is 12.4. The van der Waals surface area contributed by atoms with E-state index in [0.29, 0.717) is 12.2 Å². The molecule has 0 spiro atoms. The van der Waals surface area contributed by atoms with E-state index in [4.69, 9.17) is 16.6 Å². The summed E-state index contributed by atoms with van der Waals surface area (Å²) in [5.41, 5.74) is 10.8. The number of nitrogens with two attached hydrogens (primary N) is 2. The van der Waals surface area contributed by atoms with Gasteiger partial charge >= 0.3 is 11.9 Å². The van der Waals surface area contributed by atoms with E-state index in [-0.39, 0.29) is 19.3 Å². The molecule has 0 rings (SSSR count). The molecule has 0 aromatic heterocycles. The van der Waals surface area contributed by atoms with Gasteiger partial charge in [-0.05, 0) is 38.2 Å². The van der Waals surface area contributed by atoms with Crippen LogP contribution in [-0.4, -0.2) is 93.2 Å². The summed E-state index contributed by atoms with van der Waals surface area (Å²) in [6.07, 6.45) is -0.830. The van der Waals surface area contributed by atoms with E-state index in [1.165, 1.54) is 11.8 Å². The maximum absolute atomic E-state index is 12.7. The normalized spacial score (nSPS) is 15.2. The van der Waals surface area contributed by atoms with Crippen LogP contribution >= 0.6 is 11.8 Å². The van der Waals surface area contributed by atoms with Gasteiger partial charge in [-0.1, -0.05) is 0 Å². The average Bonchev–Trinajstić information content (AvgIpc) is 2.74. The molecule has 0 aliphatic carbocycles. The second-order valence-corrected chi connectivity index (χ2v) is 8.50. The minimum Gasteiger partial charge on any atom is -0.481 e. The Hall–Kier alpha value is -2.91. The van der Waals surface area contributed by atoms with Crippen molar-refractivity contribution in [1.82, 2.24) is 16.0 Å². The molecule has 0 bridgehead atoms. The van der Waals surface area contributed by atoms with Gasteiger partial charge in [-0.2, -0.15) is 11.8 Å². The molecule has 15 heteroatoms. The zero-order valence-electron chi connectivity index (χ0n) is 19.0. The predicted molar refractivity (Wildman–Crippen MR) is 121 cm³/mol. The highest BCUT2D eigenvalue weighted by Crippen LogP contribution is 2.05. The van der Waals surface area contributed by atoms with Crippen molar-refractivity contribution in [1.29, 1.82) is 0 Å². The SMILES string of the molecule is CSCCC(N)C(=O)NC(CCC(=O)O)C(=O)NC(C(=O)NC(CCC(N)=O)C(=O)O)C(C)O. The van der Waals surface area contributed by atoms with Crippen molar-refractivity contribution in [2.75, 3.05) is 12.0 Å². The molecule has 0 aromatic carbocycles. The van der Waals surface area contributed by atoms with Crippen molar-refractivity contribution in [3.8, 4) is 0 Å². The van der Waals surface area contributed by atoms with E-state index in [1.807, 2.05) is 6.26 Å². The van der Waals surface area contributed by atoms with Crippen molar-refractivity contribution >= 4 is 47.3 Å². The number of amides is 4. The van der Waals surface area contributed by atoms with Crippen molar-refractivity contribution in [2.45, 2.75) is 69.3 Å². The van der Waals surface area contributed by atoms with Crippen LogP contribution in [0.25, 0.3) is 0 Å². The second kappa shape index (κ2) is 15.8. The monoisotopic (exact) mass is 507 g/mol. The fourth-order valence-electron chi connectivity index (χ4n) is 2.66. The first-order valence-electron chi connectivity index (χ1n) is 10.4. The van der Waals surface area contributed by atoms with E-state index in [2.05, 4.69) is 16.0 Å². The summed E-state index contributed by atoms with van der Waals surface area (Å²) in [6, 6.07) is -5.50. The Kier molecular flexibility index (Phi) is 14.5. The van der Waals surface area contributed by atoms with Crippen LogP contribution in [0.1, 0.15) is 39.0 Å². The Morgan fingerprint density at radius 2 is 1.41 bits per heavy atom. The van der Waals surface area contributed by atoms with Gasteiger partial charge in [0.15, 0.2) is 0 Å². The number of carbonyl (C=O) groups excluding carboxylic acids is 4. The summed E-state index contributed by atoms with van der Waals surface area (Å²) in [7, 11) is 0. The van der Waals surface area contributed by atoms with E-state index in [9.17, 15) is 39.0 Å². The van der Waals surface area contributed by atoms with Crippen LogP contribution in [0, 0.1) is 0 Å². The predicted octanol–water partition coefficient (Wildman–Crippen LogP) is -2.88. The molecule has 34 heavy (non-hydrogen) atoms. The first-order valence-corrected chi connectivity index (χ1v) is 11.8. The van der Waals surface area contributed by atoms with Gasteiger partial charge in [-0.15, -0.1) is 0 Å². The third-order valence-corrected chi connectivity index (χ3v) is 5.25. The molecule has 4 amide bonds. The highest BCUT2D eigenvalue weighted by atomic mass is 32.2. The number of rotatable bonds is 17. The lowest BCUT2D eigenvalue weighted by atomic mass is 10.1. The standard InChI is InChI=1S/C19H33N5O9S/c1-9(25)15(18(31)23-12(19(32)33)3-5-13(21)26)24-17(30)11(4-6-14(27)28)22-16(29)10(20)7-8-34-2/h9-12,15,25H,3-8,20H2,1-2H3,(H2,21,26)(H,22,29)(H,23,31)(H,24,30)(H,27,28)(H,32,33). The molecule has 5 unspecified atom stereocenters. The van der Waals surface area contributed by atoms with Gasteiger partial charge in [0, 0.05) is 12.8 Å². The lowest BCUT2D eigenvalue weighted by molar-refractivity contribution is -0.143. The molecule has 0 saturated carbocycles. The molecular weight excluding hydrogens is 474 g/mol. The van der Waals surface area contributed by atoms with Gasteiger partial charge in [0.1, 0.15) is 18.1 Å². The smallest absolute Gasteiger partial charge is 0.326 e. The molecule has 0 aliphatic heterocycles. The number of carboxylic acid groups (broad SMARTS) is 2. The minimum absolute atomic E-state index is 0.306. The Labute approximate surface area is 200 Å². The fourth-order valence-corrected chi connectivity index (χ4v) is 3.15. The average molecular weight is 508 g/mol. The van der Waals surface area contributed by atoms with E-state index < -0.39 is 72.3 Å². The van der Waals surface area contributed by atoms with Gasteiger partial charge < -0.3 is 42.7 Å². The molecule has 5 atom stereocenters. The highest BCUT2D eigenvalue weighted by Gasteiger charge is 2.33. The number of aliphatic hydroxyl groups excluding tert-OH is 1. The van der Waals surface area contributed by atoms with Crippen molar-refractivity contribution in [3.05, 3.63) is 0 Å². The molecule has 194 valence electrons. The van der Waals surface area contributed by atoms with E-state index in [0.717, 1.165) is 6.92 Å². The fraction of sp³-hybridized carbons (Fsp3) is 0.684. The number of thioether (sulfide) groups is 1. The van der Waals surface area contributed by atoms with Gasteiger partial charge in [0.05, 0.1) is 12.1 Å². The Bertz CT molecular complexity index is 750. The Balaban J connectivity index is 5.44. The van der Waals surface area contributed by atoms with Crippen LogP contribution in [0.5, 0.6) is 0 Å². The molecule has 0 aliphatic rings. The minimum atomic E-state index is -1.64. The topological polar surface area (TPSA) is 251 Å². The first kappa shape index (κ1) is 31.1. The summed E-state index contributed by atoms with van der Waals surface area (Å²) in [4.78, 5) is 70.8. The number of aliphatic carboxylic acids is 2. The Morgan fingerprint density at radius 3 is 1.88 bits per heavy atom. The zero-order chi connectivity index (χ0) is 26.4. The molecule has 0 heterocycles. The number of aliphatic hydroxyl groups is 1. The molecule has 0 saturated heterocycles. The highest BCUT2D eigenvalue weighted by molar-refractivity contribution is 7.98. The first-order chi connectivity index (χ1) is 15.8. The zero-order valence-corrected chi connectivity index (χ0v) is 19.8. The number of hydrogen-bond acceptors (Lipinski definition) is 9. The van der Waals surface area contributed by atoms with Gasteiger partial charge in [-0.3, -0.25) is 24.0 Å². The van der Waals surface area contributed by atoms with Crippen LogP contribution < -0.4 is 27.4 Å².